The van der Waals surface area contributed by atoms with Gasteiger partial charge in [0, 0.05) is 36.8 Å². The van der Waals surface area contributed by atoms with Gasteiger partial charge in [-0.3, -0.25) is 9.80 Å². The van der Waals surface area contributed by atoms with Crippen LogP contribution < -0.4 is 0 Å². The van der Waals surface area contributed by atoms with E-state index in [2.05, 4.69) is 30.6 Å². The molecule has 2 heteroatoms. The van der Waals surface area contributed by atoms with Crippen molar-refractivity contribution in [3.63, 3.8) is 0 Å². The van der Waals surface area contributed by atoms with Gasteiger partial charge in [0.25, 0.3) is 0 Å². The van der Waals surface area contributed by atoms with Crippen LogP contribution in [0.1, 0.15) is 46.5 Å². The zero-order valence-electron chi connectivity index (χ0n) is 10.4. The van der Waals surface area contributed by atoms with Gasteiger partial charge in [-0.15, -0.1) is 0 Å². The SMILES string of the molecule is CC(C)(C)N1CC2CC(C1)N2C1CCC1. The fourth-order valence-corrected chi connectivity index (χ4v) is 3.47. The molecule has 4 aliphatic rings. The van der Waals surface area contributed by atoms with Crippen LogP contribution in [0.4, 0.5) is 0 Å². The van der Waals surface area contributed by atoms with Crippen LogP contribution in [0.15, 0.2) is 0 Å². The summed E-state index contributed by atoms with van der Waals surface area (Å²) >= 11 is 0. The van der Waals surface area contributed by atoms with Crippen LogP contribution >= 0.6 is 0 Å². The molecule has 15 heavy (non-hydrogen) atoms. The summed E-state index contributed by atoms with van der Waals surface area (Å²) in [4.78, 5) is 5.52. The molecule has 4 fully saturated rings. The van der Waals surface area contributed by atoms with E-state index in [0.717, 1.165) is 18.1 Å². The van der Waals surface area contributed by atoms with Crippen molar-refractivity contribution in [3.05, 3.63) is 0 Å². The lowest BCUT2D eigenvalue weighted by molar-refractivity contribution is -0.131. The number of hydrogen-bond acceptors (Lipinski definition) is 2. The van der Waals surface area contributed by atoms with Gasteiger partial charge in [0.2, 0.25) is 0 Å². The summed E-state index contributed by atoms with van der Waals surface area (Å²) in [6, 6.07) is 2.76. The average Bonchev–Trinajstić information content (AvgIpc) is 2.09. The first-order chi connectivity index (χ1) is 7.05. The number of fused-ring (bicyclic) bond motifs is 2. The molecule has 1 saturated carbocycles. The monoisotopic (exact) mass is 208 g/mol. The van der Waals surface area contributed by atoms with E-state index in [-0.39, 0.29) is 0 Å². The maximum absolute atomic E-state index is 2.84. The van der Waals surface area contributed by atoms with Crippen LogP contribution in [-0.4, -0.2) is 46.6 Å². The third-order valence-corrected chi connectivity index (χ3v) is 4.69. The maximum atomic E-state index is 2.84. The van der Waals surface area contributed by atoms with E-state index < -0.39 is 0 Å². The van der Waals surface area contributed by atoms with Crippen molar-refractivity contribution >= 4 is 0 Å². The van der Waals surface area contributed by atoms with E-state index in [9.17, 15) is 0 Å². The first-order valence-corrected chi connectivity index (χ1v) is 6.58. The summed E-state index contributed by atoms with van der Waals surface area (Å²) in [6.45, 7) is 9.69. The van der Waals surface area contributed by atoms with Gasteiger partial charge in [-0.05, 0) is 40.0 Å². The molecule has 2 atom stereocenters. The summed E-state index contributed by atoms with van der Waals surface area (Å²) in [5.41, 5.74) is 0.378. The third kappa shape index (κ3) is 1.53. The summed E-state index contributed by atoms with van der Waals surface area (Å²) in [7, 11) is 0. The quantitative estimate of drug-likeness (QED) is 0.651. The second-order valence-electron chi connectivity index (χ2n) is 6.65. The molecule has 0 aromatic carbocycles. The van der Waals surface area contributed by atoms with Crippen molar-refractivity contribution in [3.8, 4) is 0 Å². The van der Waals surface area contributed by atoms with E-state index in [4.69, 9.17) is 0 Å². The molecule has 4 rings (SSSR count). The Hall–Kier alpha value is -0.0800. The zero-order chi connectivity index (χ0) is 10.6. The van der Waals surface area contributed by atoms with Gasteiger partial charge in [-0.1, -0.05) is 6.42 Å². The minimum absolute atomic E-state index is 0.378. The molecule has 3 saturated heterocycles. The molecule has 1 aliphatic carbocycles. The maximum Gasteiger partial charge on any atom is 0.0245 e. The van der Waals surface area contributed by atoms with E-state index in [1.54, 1.807) is 0 Å². The van der Waals surface area contributed by atoms with Crippen LogP contribution in [0.3, 0.4) is 0 Å². The van der Waals surface area contributed by atoms with Crippen molar-refractivity contribution in [1.82, 2.24) is 9.80 Å². The topological polar surface area (TPSA) is 6.48 Å². The zero-order valence-corrected chi connectivity index (χ0v) is 10.4. The fourth-order valence-electron chi connectivity index (χ4n) is 3.47. The van der Waals surface area contributed by atoms with Crippen molar-refractivity contribution in [1.29, 1.82) is 0 Å². The summed E-state index contributed by atoms with van der Waals surface area (Å²) in [6.07, 6.45) is 5.90. The summed E-state index contributed by atoms with van der Waals surface area (Å²) < 4.78 is 0. The second-order valence-corrected chi connectivity index (χ2v) is 6.65. The minimum atomic E-state index is 0.378. The van der Waals surface area contributed by atoms with Crippen LogP contribution in [0.5, 0.6) is 0 Å². The van der Waals surface area contributed by atoms with Crippen molar-refractivity contribution in [2.45, 2.75) is 70.1 Å². The van der Waals surface area contributed by atoms with Gasteiger partial charge in [0.1, 0.15) is 0 Å². The molecule has 0 aromatic heterocycles. The molecule has 2 nitrogen and oxygen atoms in total. The first kappa shape index (κ1) is 10.1. The first-order valence-electron chi connectivity index (χ1n) is 6.58. The molecule has 0 aromatic rings. The average molecular weight is 208 g/mol. The molecule has 0 spiro atoms. The molecule has 0 N–H and O–H groups in total. The van der Waals surface area contributed by atoms with Crippen molar-refractivity contribution in [2.24, 2.45) is 0 Å². The van der Waals surface area contributed by atoms with Gasteiger partial charge in [0.05, 0.1) is 0 Å². The smallest absolute Gasteiger partial charge is 0.0245 e. The van der Waals surface area contributed by atoms with Gasteiger partial charge in [0.15, 0.2) is 0 Å². The molecule has 2 unspecified atom stereocenters. The Balaban J connectivity index is 1.64. The third-order valence-electron chi connectivity index (χ3n) is 4.69. The van der Waals surface area contributed by atoms with E-state index in [0.29, 0.717) is 5.54 Å². The standard InChI is InChI=1S/C13H24N2/c1-13(2,3)14-8-11-7-12(9-14)15(11)10-5-4-6-10/h10-12H,4-9H2,1-3H3. The van der Waals surface area contributed by atoms with Crippen LogP contribution in [-0.2, 0) is 0 Å². The number of nitrogens with zero attached hydrogens (tertiary/aromatic N) is 2. The summed E-state index contributed by atoms with van der Waals surface area (Å²) in [5, 5.41) is 0. The van der Waals surface area contributed by atoms with Gasteiger partial charge in [-0.2, -0.15) is 0 Å². The molecule has 3 aliphatic heterocycles. The van der Waals surface area contributed by atoms with Crippen LogP contribution in [0, 0.1) is 0 Å². The highest BCUT2D eigenvalue weighted by Crippen LogP contribution is 2.41. The molecule has 2 bridgehead atoms. The Morgan fingerprint density at radius 3 is 1.93 bits per heavy atom. The predicted octanol–water partition coefficient (Wildman–Crippen LogP) is 2.10. The normalized spacial score (nSPS) is 38.6. The molecule has 0 amide bonds. The number of piperazine rings is 1. The molecule has 0 radical (unpaired) electrons. The Bertz CT molecular complexity index is 240. The lowest BCUT2D eigenvalue weighted by atomic mass is 9.78. The Kier molecular flexibility index (Phi) is 2.16. The Morgan fingerprint density at radius 2 is 1.53 bits per heavy atom. The molecule has 86 valence electrons. The van der Waals surface area contributed by atoms with E-state index in [1.165, 1.54) is 38.8 Å². The van der Waals surface area contributed by atoms with Gasteiger partial charge in [-0.25, -0.2) is 0 Å². The molecular formula is C13H24N2. The van der Waals surface area contributed by atoms with E-state index in [1.807, 2.05) is 0 Å². The number of rotatable bonds is 1. The van der Waals surface area contributed by atoms with Crippen molar-refractivity contribution in [2.75, 3.05) is 13.1 Å². The number of hydrogen-bond donors (Lipinski definition) is 0. The van der Waals surface area contributed by atoms with Gasteiger partial charge < -0.3 is 0 Å². The predicted molar refractivity (Wildman–Crippen MR) is 63.0 cm³/mol. The van der Waals surface area contributed by atoms with Crippen molar-refractivity contribution < 1.29 is 0 Å². The Labute approximate surface area is 93.6 Å². The lowest BCUT2D eigenvalue weighted by Crippen LogP contribution is -2.73. The fraction of sp³-hybridized carbons (Fsp3) is 1.00. The lowest BCUT2D eigenvalue weighted by Gasteiger charge is -2.63. The summed E-state index contributed by atoms with van der Waals surface area (Å²) in [5.74, 6) is 0. The highest BCUT2D eigenvalue weighted by Gasteiger charge is 2.50. The largest absolute Gasteiger partial charge is 0.295 e. The highest BCUT2D eigenvalue weighted by atomic mass is 15.4. The van der Waals surface area contributed by atoms with Gasteiger partial charge >= 0.3 is 0 Å². The molecular weight excluding hydrogens is 184 g/mol. The van der Waals surface area contributed by atoms with E-state index >= 15 is 0 Å². The van der Waals surface area contributed by atoms with Crippen LogP contribution in [0.25, 0.3) is 0 Å². The highest BCUT2D eigenvalue weighted by molar-refractivity contribution is 5.06. The molecule has 3 heterocycles. The second kappa shape index (κ2) is 3.21. The number of piperidine rings is 1. The van der Waals surface area contributed by atoms with Crippen LogP contribution in [0.2, 0.25) is 0 Å². The minimum Gasteiger partial charge on any atom is -0.295 e. The Morgan fingerprint density at radius 1 is 0.933 bits per heavy atom.